The Morgan fingerprint density at radius 3 is 2.83 bits per heavy atom. The molecule has 1 aromatic carbocycles. The minimum absolute atomic E-state index is 0.101. The first-order valence-electron chi connectivity index (χ1n) is 6.07. The van der Waals surface area contributed by atoms with Gasteiger partial charge < -0.3 is 14.2 Å². The van der Waals surface area contributed by atoms with Gasteiger partial charge in [-0.3, -0.25) is 4.79 Å². The number of Topliss-reactive ketones (excluding diaryl/α,β-unsaturated/α-hetero) is 1. The smallest absolute Gasteiger partial charge is 0.169 e. The fourth-order valence-corrected chi connectivity index (χ4v) is 1.89. The van der Waals surface area contributed by atoms with Crippen LogP contribution in [0.4, 0.5) is 0 Å². The van der Waals surface area contributed by atoms with E-state index >= 15 is 0 Å². The predicted octanol–water partition coefficient (Wildman–Crippen LogP) is 1.75. The summed E-state index contributed by atoms with van der Waals surface area (Å²) in [5.41, 5.74) is 1.13. The molecular formula is C14H18O4. The Labute approximate surface area is 107 Å². The second kappa shape index (κ2) is 5.98. The molecule has 0 bridgehead atoms. The molecule has 1 aliphatic carbocycles. The molecular weight excluding hydrogens is 232 g/mol. The summed E-state index contributed by atoms with van der Waals surface area (Å²) < 4.78 is 16.1. The maximum Gasteiger partial charge on any atom is 0.169 e. The van der Waals surface area contributed by atoms with E-state index in [1.807, 2.05) is 31.2 Å². The van der Waals surface area contributed by atoms with Crippen molar-refractivity contribution in [2.75, 3.05) is 20.3 Å². The van der Waals surface area contributed by atoms with Gasteiger partial charge in [0.05, 0.1) is 13.2 Å². The van der Waals surface area contributed by atoms with E-state index in [4.69, 9.17) is 14.2 Å². The molecule has 0 spiro atoms. The molecule has 1 saturated carbocycles. The molecule has 2 rings (SSSR count). The zero-order valence-corrected chi connectivity index (χ0v) is 10.7. The summed E-state index contributed by atoms with van der Waals surface area (Å²) in [6.45, 7) is 2.91. The third-order valence-electron chi connectivity index (χ3n) is 2.92. The van der Waals surface area contributed by atoms with E-state index in [0.717, 1.165) is 11.3 Å². The van der Waals surface area contributed by atoms with Gasteiger partial charge in [0, 0.05) is 13.5 Å². The molecule has 4 nitrogen and oxygen atoms in total. The lowest BCUT2D eigenvalue weighted by Crippen LogP contribution is -2.52. The number of rotatable bonds is 6. The number of carbonyl (C=O) groups is 1. The van der Waals surface area contributed by atoms with Gasteiger partial charge in [0.1, 0.15) is 11.9 Å². The van der Waals surface area contributed by atoms with Crippen LogP contribution in [0.1, 0.15) is 12.0 Å². The van der Waals surface area contributed by atoms with Crippen LogP contribution in [0.3, 0.4) is 0 Å². The van der Waals surface area contributed by atoms with E-state index in [2.05, 4.69) is 0 Å². The number of benzene rings is 1. The Bertz CT molecular complexity index is 416. The number of ether oxygens (including phenoxy) is 3. The van der Waals surface area contributed by atoms with Crippen LogP contribution >= 0.6 is 0 Å². The van der Waals surface area contributed by atoms with Gasteiger partial charge in [-0.05, 0) is 24.6 Å². The van der Waals surface area contributed by atoms with Gasteiger partial charge in [-0.25, -0.2) is 0 Å². The highest BCUT2D eigenvalue weighted by molar-refractivity contribution is 5.90. The molecule has 0 N–H and O–H groups in total. The summed E-state index contributed by atoms with van der Waals surface area (Å²) >= 11 is 0. The highest BCUT2D eigenvalue weighted by atomic mass is 16.6. The van der Waals surface area contributed by atoms with Crippen LogP contribution < -0.4 is 4.74 Å². The molecule has 0 amide bonds. The predicted molar refractivity (Wildman–Crippen MR) is 66.8 cm³/mol. The Kier molecular flexibility index (Phi) is 4.33. The van der Waals surface area contributed by atoms with Gasteiger partial charge in [0.25, 0.3) is 0 Å². The Balaban J connectivity index is 1.87. The minimum atomic E-state index is -0.444. The zero-order chi connectivity index (χ0) is 13.0. The molecule has 98 valence electrons. The van der Waals surface area contributed by atoms with Gasteiger partial charge in [-0.15, -0.1) is 0 Å². The van der Waals surface area contributed by atoms with Crippen molar-refractivity contribution in [2.24, 2.45) is 0 Å². The van der Waals surface area contributed by atoms with Gasteiger partial charge in [0.2, 0.25) is 0 Å². The SMILES string of the molecule is COCCOC1C(=O)CC1Oc1cccc(C)c1. The lowest BCUT2D eigenvalue weighted by atomic mass is 9.90. The van der Waals surface area contributed by atoms with E-state index in [-0.39, 0.29) is 11.9 Å². The van der Waals surface area contributed by atoms with Crippen LogP contribution in [0.5, 0.6) is 5.75 Å². The van der Waals surface area contributed by atoms with Crippen molar-refractivity contribution in [3.8, 4) is 5.75 Å². The highest BCUT2D eigenvalue weighted by Crippen LogP contribution is 2.26. The van der Waals surface area contributed by atoms with Crippen LogP contribution in [-0.2, 0) is 14.3 Å². The van der Waals surface area contributed by atoms with Gasteiger partial charge in [-0.1, -0.05) is 12.1 Å². The topological polar surface area (TPSA) is 44.8 Å². The second-order valence-electron chi connectivity index (χ2n) is 4.43. The standard InChI is InChI=1S/C14H18O4/c1-10-4-3-5-11(8-10)18-13-9-12(15)14(13)17-7-6-16-2/h3-5,8,13-14H,6-7,9H2,1-2H3. The molecule has 2 atom stereocenters. The lowest BCUT2D eigenvalue weighted by molar-refractivity contribution is -0.156. The van der Waals surface area contributed by atoms with Crippen molar-refractivity contribution < 1.29 is 19.0 Å². The fraction of sp³-hybridized carbons (Fsp3) is 0.500. The molecule has 4 heteroatoms. The summed E-state index contributed by atoms with van der Waals surface area (Å²) in [4.78, 5) is 11.4. The molecule has 2 unspecified atom stereocenters. The highest BCUT2D eigenvalue weighted by Gasteiger charge is 2.42. The number of aryl methyl sites for hydroxylation is 1. The van der Waals surface area contributed by atoms with E-state index in [9.17, 15) is 4.79 Å². The average molecular weight is 250 g/mol. The number of ketones is 1. The van der Waals surface area contributed by atoms with Crippen LogP contribution in [0.15, 0.2) is 24.3 Å². The molecule has 0 heterocycles. The summed E-state index contributed by atoms with van der Waals surface area (Å²) in [5, 5.41) is 0. The van der Waals surface area contributed by atoms with Gasteiger partial charge in [0.15, 0.2) is 11.9 Å². The van der Waals surface area contributed by atoms with Crippen molar-refractivity contribution in [1.29, 1.82) is 0 Å². The second-order valence-corrected chi connectivity index (χ2v) is 4.43. The Hall–Kier alpha value is -1.39. The molecule has 0 aliphatic heterocycles. The molecule has 1 aromatic rings. The lowest BCUT2D eigenvalue weighted by Gasteiger charge is -2.34. The summed E-state index contributed by atoms with van der Waals surface area (Å²) in [6, 6.07) is 7.79. The third-order valence-corrected chi connectivity index (χ3v) is 2.92. The molecule has 0 saturated heterocycles. The quantitative estimate of drug-likeness (QED) is 0.721. The number of hydrogen-bond donors (Lipinski definition) is 0. The summed E-state index contributed by atoms with van der Waals surface area (Å²) in [5.74, 6) is 0.886. The van der Waals surface area contributed by atoms with E-state index in [1.165, 1.54) is 0 Å². The number of hydrogen-bond acceptors (Lipinski definition) is 4. The first-order valence-corrected chi connectivity index (χ1v) is 6.07. The van der Waals surface area contributed by atoms with E-state index < -0.39 is 6.10 Å². The fourth-order valence-electron chi connectivity index (χ4n) is 1.89. The largest absolute Gasteiger partial charge is 0.487 e. The first kappa shape index (κ1) is 13.1. The zero-order valence-electron chi connectivity index (χ0n) is 10.7. The Morgan fingerprint density at radius 1 is 1.33 bits per heavy atom. The molecule has 1 fully saturated rings. The minimum Gasteiger partial charge on any atom is -0.487 e. The molecule has 1 aliphatic rings. The van der Waals surface area contributed by atoms with Crippen LogP contribution in [0, 0.1) is 6.92 Å². The number of carbonyl (C=O) groups excluding carboxylic acids is 1. The summed E-state index contributed by atoms with van der Waals surface area (Å²) in [6.07, 6.45) is -0.192. The first-order chi connectivity index (χ1) is 8.70. The molecule has 0 aromatic heterocycles. The molecule has 18 heavy (non-hydrogen) atoms. The average Bonchev–Trinajstić information content (AvgIpc) is 2.34. The van der Waals surface area contributed by atoms with E-state index in [1.54, 1.807) is 7.11 Å². The maximum absolute atomic E-state index is 11.4. The third kappa shape index (κ3) is 3.09. The summed E-state index contributed by atoms with van der Waals surface area (Å²) in [7, 11) is 1.60. The van der Waals surface area contributed by atoms with Crippen LogP contribution in [0.25, 0.3) is 0 Å². The normalized spacial score (nSPS) is 22.7. The Morgan fingerprint density at radius 2 is 2.17 bits per heavy atom. The van der Waals surface area contributed by atoms with E-state index in [0.29, 0.717) is 19.6 Å². The van der Waals surface area contributed by atoms with Crippen LogP contribution in [-0.4, -0.2) is 38.3 Å². The van der Waals surface area contributed by atoms with Crippen molar-refractivity contribution in [1.82, 2.24) is 0 Å². The van der Waals surface area contributed by atoms with Crippen molar-refractivity contribution in [3.05, 3.63) is 29.8 Å². The molecule has 0 radical (unpaired) electrons. The number of methoxy groups -OCH3 is 1. The van der Waals surface area contributed by atoms with Crippen molar-refractivity contribution >= 4 is 5.78 Å². The van der Waals surface area contributed by atoms with Crippen LogP contribution in [0.2, 0.25) is 0 Å². The maximum atomic E-state index is 11.4. The van der Waals surface area contributed by atoms with Crippen molar-refractivity contribution in [3.63, 3.8) is 0 Å². The monoisotopic (exact) mass is 250 g/mol. The van der Waals surface area contributed by atoms with Crippen molar-refractivity contribution in [2.45, 2.75) is 25.6 Å². The van der Waals surface area contributed by atoms with Gasteiger partial charge >= 0.3 is 0 Å². The van der Waals surface area contributed by atoms with Gasteiger partial charge in [-0.2, -0.15) is 0 Å².